The number of hydrogen-bond acceptors (Lipinski definition) is 12. The summed E-state index contributed by atoms with van der Waals surface area (Å²) in [5, 5.41) is 11.9. The number of allylic oxidation sites excluding steroid dienone is 3. The molecule has 228 valence electrons. The molecule has 0 spiro atoms. The van der Waals surface area contributed by atoms with Crippen molar-refractivity contribution in [1.29, 1.82) is 0 Å². The molecule has 4 aliphatic rings. The van der Waals surface area contributed by atoms with Crippen LogP contribution in [0.25, 0.3) is 0 Å². The van der Waals surface area contributed by atoms with E-state index in [0.717, 1.165) is 25.2 Å². The van der Waals surface area contributed by atoms with Gasteiger partial charge in [0, 0.05) is 24.7 Å². The van der Waals surface area contributed by atoms with E-state index in [1.807, 2.05) is 0 Å². The van der Waals surface area contributed by atoms with E-state index < -0.39 is 109 Å². The lowest BCUT2D eigenvalue weighted by Crippen LogP contribution is -2.74. The van der Waals surface area contributed by atoms with Gasteiger partial charge in [-0.3, -0.25) is 27.5 Å². The summed E-state index contributed by atoms with van der Waals surface area (Å²) in [5.41, 5.74) is -9.30. The first-order valence-corrected chi connectivity index (χ1v) is 16.5. The Bertz CT molecular complexity index is 1500. The Morgan fingerprint density at radius 2 is 1.68 bits per heavy atom. The van der Waals surface area contributed by atoms with E-state index in [1.165, 1.54) is 20.8 Å². The Balaban J connectivity index is 2.00. The molecule has 0 aliphatic heterocycles. The van der Waals surface area contributed by atoms with Crippen LogP contribution in [-0.2, 0) is 52.5 Å². The smallest absolute Gasteiger partial charge is 0.303 e. The first kappa shape index (κ1) is 31.6. The van der Waals surface area contributed by atoms with Crippen LogP contribution in [0.4, 0.5) is 4.39 Å². The summed E-state index contributed by atoms with van der Waals surface area (Å²) in [6.07, 6.45) is -0.250. The van der Waals surface area contributed by atoms with Gasteiger partial charge in [0.15, 0.2) is 23.8 Å². The minimum absolute atomic E-state index is 0.116. The summed E-state index contributed by atoms with van der Waals surface area (Å²) in [5.74, 6) is -7.36. The Labute approximate surface area is 237 Å². The maximum Gasteiger partial charge on any atom is 0.303 e. The van der Waals surface area contributed by atoms with E-state index in [1.54, 1.807) is 0 Å². The molecule has 4 aliphatic carbocycles. The SMILES string of the molecule is CC(=O)OCC(=O)[C@@]1(O)[C@@H](C)C[C@H]2[C@@H]3[C@@H](OS(C)(=O)=O)[C@@H](OS(C)(=O)=O)C4=CC(=O)C=C[C@]4(C)[C@@]3(F)C(=O)C[C@@]21C. The van der Waals surface area contributed by atoms with Crippen LogP contribution in [-0.4, -0.2) is 87.9 Å². The van der Waals surface area contributed by atoms with Gasteiger partial charge in [-0.25, -0.2) is 4.39 Å². The summed E-state index contributed by atoms with van der Waals surface area (Å²) >= 11 is 0. The average Bonchev–Trinajstić information content (AvgIpc) is 3.01. The number of esters is 1. The number of rotatable bonds is 7. The molecular weight excluding hydrogens is 587 g/mol. The quantitative estimate of drug-likeness (QED) is 0.309. The van der Waals surface area contributed by atoms with Crippen LogP contribution in [0.3, 0.4) is 0 Å². The highest BCUT2D eigenvalue weighted by atomic mass is 32.2. The second-order valence-corrected chi connectivity index (χ2v) is 15.2. The van der Waals surface area contributed by atoms with Crippen molar-refractivity contribution in [2.75, 3.05) is 19.1 Å². The molecule has 0 saturated heterocycles. The summed E-state index contributed by atoms with van der Waals surface area (Å²) in [4.78, 5) is 51.2. The molecular formula is C26H33FO12S2. The van der Waals surface area contributed by atoms with Crippen LogP contribution in [0.2, 0.25) is 0 Å². The fraction of sp³-hybridized carbons (Fsp3) is 0.692. The van der Waals surface area contributed by atoms with E-state index in [2.05, 4.69) is 0 Å². The Hall–Kier alpha value is -2.33. The molecule has 12 nitrogen and oxygen atoms in total. The van der Waals surface area contributed by atoms with Gasteiger partial charge in [0.05, 0.1) is 17.9 Å². The predicted molar refractivity (Wildman–Crippen MR) is 139 cm³/mol. The summed E-state index contributed by atoms with van der Waals surface area (Å²) < 4.78 is 83.1. The molecule has 9 atom stereocenters. The van der Waals surface area contributed by atoms with Crippen molar-refractivity contribution in [3.8, 4) is 0 Å². The molecule has 1 N–H and O–H groups in total. The fourth-order valence-electron chi connectivity index (χ4n) is 7.73. The van der Waals surface area contributed by atoms with Gasteiger partial charge in [0.25, 0.3) is 20.2 Å². The van der Waals surface area contributed by atoms with Crippen LogP contribution < -0.4 is 0 Å². The number of carbonyl (C=O) groups excluding carboxylic acids is 4. The van der Waals surface area contributed by atoms with Gasteiger partial charge in [-0.2, -0.15) is 16.8 Å². The molecule has 0 unspecified atom stereocenters. The summed E-state index contributed by atoms with van der Waals surface area (Å²) in [6.45, 7) is 4.40. The van der Waals surface area contributed by atoms with Crippen molar-refractivity contribution in [2.24, 2.45) is 28.6 Å². The lowest BCUT2D eigenvalue weighted by atomic mass is 9.44. The third-order valence-corrected chi connectivity index (χ3v) is 10.6. The summed E-state index contributed by atoms with van der Waals surface area (Å²) in [7, 11) is -8.86. The molecule has 4 rings (SSSR count). The van der Waals surface area contributed by atoms with Crippen LogP contribution in [0.15, 0.2) is 23.8 Å². The molecule has 0 aromatic heterocycles. The van der Waals surface area contributed by atoms with Gasteiger partial charge in [-0.1, -0.05) is 19.9 Å². The summed E-state index contributed by atoms with van der Waals surface area (Å²) in [6, 6.07) is 0. The molecule has 0 aromatic carbocycles. The normalized spacial score (nSPS) is 42.1. The monoisotopic (exact) mass is 620 g/mol. The standard InChI is InChI=1S/C26H33FO12S2/c1-13-9-16-20-22(39-41(6,35)36)21(38-40(5,33)34)17-10-15(29)7-8-23(17,3)25(20,27)18(30)11-24(16,4)26(13,32)19(31)12-37-14(2)28/h7-8,10,13,16,20-22,32H,9,11-12H2,1-6H3/t13-,16-,20+,21-,22+,23-,24-,25+,26-/m0/s1. The maximum atomic E-state index is 17.9. The number of alkyl halides is 1. The first-order chi connectivity index (χ1) is 18.5. The molecule has 3 saturated carbocycles. The van der Waals surface area contributed by atoms with E-state index >= 15 is 4.39 Å². The zero-order chi connectivity index (χ0) is 31.1. The molecule has 0 aromatic rings. The lowest BCUT2D eigenvalue weighted by molar-refractivity contribution is -0.205. The number of ether oxygens (including phenoxy) is 1. The van der Waals surface area contributed by atoms with E-state index in [9.17, 15) is 41.1 Å². The lowest BCUT2D eigenvalue weighted by Gasteiger charge is -2.62. The van der Waals surface area contributed by atoms with E-state index in [4.69, 9.17) is 13.1 Å². The van der Waals surface area contributed by atoms with E-state index in [0.29, 0.717) is 12.5 Å². The number of carbonyl (C=O) groups is 4. The molecule has 15 heteroatoms. The van der Waals surface area contributed by atoms with Crippen molar-refractivity contribution in [2.45, 2.75) is 64.0 Å². The van der Waals surface area contributed by atoms with Crippen molar-refractivity contribution >= 4 is 43.6 Å². The minimum Gasteiger partial charge on any atom is -0.458 e. The largest absolute Gasteiger partial charge is 0.458 e. The predicted octanol–water partition coefficient (Wildman–Crippen LogP) is 0.584. The highest BCUT2D eigenvalue weighted by molar-refractivity contribution is 7.86. The van der Waals surface area contributed by atoms with Gasteiger partial charge < -0.3 is 9.84 Å². The van der Waals surface area contributed by atoms with Crippen LogP contribution >= 0.6 is 0 Å². The topological polar surface area (TPSA) is 184 Å². The highest BCUT2D eigenvalue weighted by Crippen LogP contribution is 2.70. The Morgan fingerprint density at radius 1 is 1.10 bits per heavy atom. The second kappa shape index (κ2) is 9.59. The Kier molecular flexibility index (Phi) is 7.39. The number of hydrogen-bond donors (Lipinski definition) is 1. The van der Waals surface area contributed by atoms with Crippen molar-refractivity contribution in [1.82, 2.24) is 0 Å². The third-order valence-electron chi connectivity index (χ3n) is 9.43. The molecule has 0 heterocycles. The van der Waals surface area contributed by atoms with Crippen molar-refractivity contribution in [3.63, 3.8) is 0 Å². The zero-order valence-electron chi connectivity index (χ0n) is 23.4. The maximum absolute atomic E-state index is 17.9. The number of ketones is 3. The number of aliphatic hydroxyl groups is 1. The average molecular weight is 621 g/mol. The van der Waals surface area contributed by atoms with Gasteiger partial charge in [-0.15, -0.1) is 0 Å². The molecule has 41 heavy (non-hydrogen) atoms. The fourth-order valence-corrected chi connectivity index (χ4v) is 8.94. The van der Waals surface area contributed by atoms with Crippen LogP contribution in [0.5, 0.6) is 0 Å². The molecule has 0 radical (unpaired) electrons. The van der Waals surface area contributed by atoms with E-state index in [-0.39, 0.29) is 12.0 Å². The number of fused-ring (bicyclic) bond motifs is 5. The first-order valence-electron chi connectivity index (χ1n) is 12.9. The molecule has 3 fully saturated rings. The van der Waals surface area contributed by atoms with Gasteiger partial charge in [0.2, 0.25) is 5.78 Å². The third kappa shape index (κ3) is 4.64. The Morgan fingerprint density at radius 3 is 2.22 bits per heavy atom. The van der Waals surface area contributed by atoms with Crippen LogP contribution in [0, 0.1) is 28.6 Å². The van der Waals surface area contributed by atoms with Crippen LogP contribution in [0.1, 0.15) is 40.5 Å². The van der Waals surface area contributed by atoms with Crippen molar-refractivity contribution < 1.29 is 58.6 Å². The van der Waals surface area contributed by atoms with Gasteiger partial charge >= 0.3 is 5.97 Å². The van der Waals surface area contributed by atoms with Gasteiger partial charge in [0.1, 0.15) is 17.8 Å². The number of halogens is 1. The molecule has 0 bridgehead atoms. The van der Waals surface area contributed by atoms with Crippen molar-refractivity contribution in [3.05, 3.63) is 23.8 Å². The zero-order valence-corrected chi connectivity index (χ0v) is 25.0. The highest BCUT2D eigenvalue weighted by Gasteiger charge is 2.79. The molecule has 0 amide bonds. The van der Waals surface area contributed by atoms with Gasteiger partial charge in [-0.05, 0) is 42.9 Å². The number of Topliss-reactive ketones (excluding diaryl/α,β-unsaturated/α-hetero) is 2. The second-order valence-electron chi connectivity index (χ2n) is 12.0. The minimum atomic E-state index is -4.47.